The van der Waals surface area contributed by atoms with Gasteiger partial charge < -0.3 is 9.22 Å². The van der Waals surface area contributed by atoms with Crippen molar-refractivity contribution in [3.8, 4) is 17.0 Å². The van der Waals surface area contributed by atoms with Crippen molar-refractivity contribution in [1.82, 2.24) is 19.1 Å². The molecule has 0 atom stereocenters. The van der Waals surface area contributed by atoms with Crippen LogP contribution in [0.1, 0.15) is 45.6 Å². The van der Waals surface area contributed by atoms with Crippen molar-refractivity contribution in [2.24, 2.45) is 7.05 Å². The lowest BCUT2D eigenvalue weighted by Gasteiger charge is -2.37. The van der Waals surface area contributed by atoms with E-state index < -0.39 is 0 Å². The number of aryl methyl sites for hydroxylation is 1. The van der Waals surface area contributed by atoms with Gasteiger partial charge in [0.15, 0.2) is 0 Å². The van der Waals surface area contributed by atoms with Crippen molar-refractivity contribution in [3.05, 3.63) is 53.0 Å². The molecule has 1 aliphatic heterocycles. The number of quaternary nitrogens is 1. The number of pyridine rings is 2. The summed E-state index contributed by atoms with van der Waals surface area (Å²) in [4.78, 5) is 21.7. The van der Waals surface area contributed by atoms with Gasteiger partial charge in [0.2, 0.25) is 5.88 Å². The lowest BCUT2D eigenvalue weighted by Crippen LogP contribution is -2.48. The molecule has 0 bridgehead atoms. The van der Waals surface area contributed by atoms with Gasteiger partial charge in [-0.25, -0.2) is 14.2 Å². The highest BCUT2D eigenvalue weighted by Gasteiger charge is 2.24. The summed E-state index contributed by atoms with van der Waals surface area (Å²) >= 11 is 0. The summed E-state index contributed by atoms with van der Waals surface area (Å²) < 4.78 is 25.5. The Morgan fingerprint density at radius 1 is 1.11 bits per heavy atom. The third-order valence-corrected chi connectivity index (χ3v) is 7.56. The van der Waals surface area contributed by atoms with Crippen molar-refractivity contribution in [1.29, 1.82) is 0 Å². The number of ether oxygens (including phenoxy) is 1. The minimum absolute atomic E-state index is 0.0436. The first-order valence-electron chi connectivity index (χ1n) is 12.9. The molecule has 3 aromatic heterocycles. The van der Waals surface area contributed by atoms with Crippen molar-refractivity contribution in [2.75, 3.05) is 33.3 Å². The standard InChI is InChI=1S/C28H35FN5O2/c1-19(2)33-27-22-15-21(23(29)16-24(22)30-18-25(27)32(3)28(33)35)20-9-10-26(31-17-20)36-14-8-13-34(4)11-6-5-7-12-34/h9-10,15-19H,5-8,11-14H2,1-4H3/q+1. The number of likely N-dealkylation sites (tertiary alicyclic amines) is 1. The third-order valence-electron chi connectivity index (χ3n) is 7.56. The highest BCUT2D eigenvalue weighted by atomic mass is 19.1. The minimum Gasteiger partial charge on any atom is -0.477 e. The van der Waals surface area contributed by atoms with Gasteiger partial charge in [-0.15, -0.1) is 0 Å². The zero-order valence-corrected chi connectivity index (χ0v) is 21.6. The Kier molecular flexibility index (Phi) is 6.55. The first-order chi connectivity index (χ1) is 17.3. The van der Waals surface area contributed by atoms with Crippen molar-refractivity contribution >= 4 is 21.9 Å². The molecule has 1 aromatic carbocycles. The predicted molar refractivity (Wildman–Crippen MR) is 141 cm³/mol. The van der Waals surface area contributed by atoms with Gasteiger partial charge >= 0.3 is 5.69 Å². The number of aromatic nitrogens is 4. The zero-order valence-electron chi connectivity index (χ0n) is 21.6. The number of hydrogen-bond acceptors (Lipinski definition) is 4. The molecule has 0 unspecified atom stereocenters. The molecule has 8 heteroatoms. The van der Waals surface area contributed by atoms with E-state index in [2.05, 4.69) is 17.0 Å². The predicted octanol–water partition coefficient (Wildman–Crippen LogP) is 5.07. The van der Waals surface area contributed by atoms with Crippen LogP contribution in [-0.2, 0) is 7.05 Å². The molecule has 0 radical (unpaired) electrons. The maximum absolute atomic E-state index is 15.1. The van der Waals surface area contributed by atoms with Crippen LogP contribution in [0, 0.1) is 5.82 Å². The number of fused-ring (bicyclic) bond motifs is 3. The maximum atomic E-state index is 15.1. The highest BCUT2D eigenvalue weighted by Crippen LogP contribution is 2.32. The largest absolute Gasteiger partial charge is 0.477 e. The van der Waals surface area contributed by atoms with Gasteiger partial charge in [-0.05, 0) is 45.2 Å². The fraction of sp³-hybridized carbons (Fsp3) is 0.464. The zero-order chi connectivity index (χ0) is 25.4. The van der Waals surface area contributed by atoms with Crippen LogP contribution in [0.5, 0.6) is 5.88 Å². The molecule has 190 valence electrons. The van der Waals surface area contributed by atoms with Crippen LogP contribution in [0.15, 0.2) is 41.5 Å². The average molecular weight is 493 g/mol. The van der Waals surface area contributed by atoms with E-state index in [0.717, 1.165) is 33.9 Å². The molecule has 0 saturated carbocycles. The van der Waals surface area contributed by atoms with E-state index in [-0.39, 0.29) is 17.5 Å². The smallest absolute Gasteiger partial charge is 0.329 e. The Labute approximate surface area is 210 Å². The maximum Gasteiger partial charge on any atom is 0.329 e. The van der Waals surface area contributed by atoms with E-state index in [4.69, 9.17) is 4.74 Å². The summed E-state index contributed by atoms with van der Waals surface area (Å²) in [7, 11) is 4.07. The van der Waals surface area contributed by atoms with Gasteiger partial charge in [-0.2, -0.15) is 0 Å². The number of benzene rings is 1. The topological polar surface area (TPSA) is 61.9 Å². The van der Waals surface area contributed by atoms with Gasteiger partial charge in [0.1, 0.15) is 5.82 Å². The van der Waals surface area contributed by atoms with Gasteiger partial charge in [-0.1, -0.05) is 0 Å². The Morgan fingerprint density at radius 2 is 1.89 bits per heavy atom. The molecule has 0 amide bonds. The van der Waals surface area contributed by atoms with Crippen LogP contribution in [0.3, 0.4) is 0 Å². The Hall–Kier alpha value is -3.26. The quantitative estimate of drug-likeness (QED) is 0.267. The van der Waals surface area contributed by atoms with Gasteiger partial charge in [0, 0.05) is 54.4 Å². The summed E-state index contributed by atoms with van der Waals surface area (Å²) in [6.07, 6.45) is 8.24. The van der Waals surface area contributed by atoms with E-state index in [1.54, 1.807) is 40.7 Å². The number of hydrogen-bond donors (Lipinski definition) is 0. The van der Waals surface area contributed by atoms with Gasteiger partial charge in [0.25, 0.3) is 0 Å². The molecule has 4 aromatic rings. The molecule has 1 aliphatic rings. The van der Waals surface area contributed by atoms with Crippen LogP contribution >= 0.6 is 0 Å². The molecule has 7 nitrogen and oxygen atoms in total. The fourth-order valence-corrected chi connectivity index (χ4v) is 5.50. The molecular weight excluding hydrogens is 457 g/mol. The van der Waals surface area contributed by atoms with Crippen LogP contribution in [0.4, 0.5) is 4.39 Å². The summed E-state index contributed by atoms with van der Waals surface area (Å²) in [6.45, 7) is 8.17. The third kappa shape index (κ3) is 4.50. The van der Waals surface area contributed by atoms with Crippen LogP contribution in [-0.4, -0.2) is 56.9 Å². The number of rotatable bonds is 7. The van der Waals surface area contributed by atoms with Crippen molar-refractivity contribution in [3.63, 3.8) is 0 Å². The number of piperidine rings is 1. The minimum atomic E-state index is -0.377. The van der Waals surface area contributed by atoms with E-state index in [0.29, 0.717) is 29.1 Å². The molecule has 1 fully saturated rings. The van der Waals surface area contributed by atoms with Crippen molar-refractivity contribution in [2.45, 2.75) is 45.6 Å². The Morgan fingerprint density at radius 3 is 2.58 bits per heavy atom. The molecule has 0 N–H and O–H groups in total. The second-order valence-corrected chi connectivity index (χ2v) is 10.6. The Balaban J connectivity index is 1.39. The normalized spacial score (nSPS) is 15.7. The summed E-state index contributed by atoms with van der Waals surface area (Å²) in [6, 6.07) is 6.79. The van der Waals surface area contributed by atoms with Crippen LogP contribution in [0.25, 0.3) is 33.1 Å². The first kappa shape index (κ1) is 24.4. The molecule has 1 saturated heterocycles. The lowest BCUT2D eigenvalue weighted by molar-refractivity contribution is -0.914. The average Bonchev–Trinajstić information content (AvgIpc) is 3.12. The molecule has 0 aliphatic carbocycles. The fourth-order valence-electron chi connectivity index (χ4n) is 5.50. The number of imidazole rings is 1. The highest BCUT2D eigenvalue weighted by molar-refractivity contribution is 6.04. The van der Waals surface area contributed by atoms with Gasteiger partial charge in [-0.3, -0.25) is 14.1 Å². The molecular formula is C28H35FN5O2+. The number of halogens is 1. The van der Waals surface area contributed by atoms with Gasteiger partial charge in [0.05, 0.1) is 56.0 Å². The number of nitrogens with zero attached hydrogens (tertiary/aromatic N) is 5. The van der Waals surface area contributed by atoms with E-state index in [9.17, 15) is 4.79 Å². The summed E-state index contributed by atoms with van der Waals surface area (Å²) in [5.74, 6) is 0.166. The van der Waals surface area contributed by atoms with Crippen molar-refractivity contribution < 1.29 is 13.6 Å². The van der Waals surface area contributed by atoms with E-state index >= 15 is 4.39 Å². The van der Waals surface area contributed by atoms with Crippen LogP contribution < -0.4 is 10.4 Å². The molecule has 36 heavy (non-hydrogen) atoms. The summed E-state index contributed by atoms with van der Waals surface area (Å²) in [5, 5.41) is 0.741. The van der Waals surface area contributed by atoms with E-state index in [1.807, 2.05) is 19.9 Å². The molecule has 5 rings (SSSR count). The SMILES string of the molecule is CC(C)n1c(=O)n(C)c2cnc3cc(F)c(-c4ccc(OCCC[N+]5(C)CCCCC5)nc4)cc3c21. The first-order valence-corrected chi connectivity index (χ1v) is 12.9. The van der Waals surface area contributed by atoms with E-state index in [1.165, 1.54) is 38.4 Å². The van der Waals surface area contributed by atoms with Crippen LogP contribution in [0.2, 0.25) is 0 Å². The Bertz CT molecular complexity index is 1450. The monoisotopic (exact) mass is 492 g/mol. The second kappa shape index (κ2) is 9.65. The summed E-state index contributed by atoms with van der Waals surface area (Å²) in [5.41, 5.74) is 2.97. The lowest BCUT2D eigenvalue weighted by atomic mass is 10.0. The molecule has 4 heterocycles. The second-order valence-electron chi connectivity index (χ2n) is 10.6. The molecule has 0 spiro atoms.